The highest BCUT2D eigenvalue weighted by molar-refractivity contribution is 7.99. The molecule has 8 nitrogen and oxygen atoms in total. The minimum Gasteiger partial charge on any atom is -0.497 e. The number of carbonyl (C=O) groups is 2. The van der Waals surface area contributed by atoms with Gasteiger partial charge in [-0.3, -0.25) is 14.0 Å². The number of benzene rings is 2. The molecule has 32 heavy (non-hydrogen) atoms. The summed E-state index contributed by atoms with van der Waals surface area (Å²) >= 11 is 1.31. The fraction of sp³-hybridized carbons (Fsp3) is 0.217. The molecule has 2 aromatic heterocycles. The number of pyridine rings is 1. The van der Waals surface area contributed by atoms with Crippen LogP contribution in [0.4, 0.5) is 5.69 Å². The van der Waals surface area contributed by atoms with Crippen molar-refractivity contribution in [2.45, 2.75) is 18.5 Å². The Morgan fingerprint density at radius 2 is 1.88 bits per heavy atom. The van der Waals surface area contributed by atoms with Crippen molar-refractivity contribution in [2.75, 3.05) is 24.3 Å². The number of ether oxygens (including phenoxy) is 1. The molecule has 4 aromatic rings. The third-order valence-electron chi connectivity index (χ3n) is 5.17. The molecule has 0 aliphatic heterocycles. The third-order valence-corrected chi connectivity index (χ3v) is 6.08. The first-order valence-electron chi connectivity index (χ1n) is 10.1. The Labute approximate surface area is 189 Å². The number of amides is 2. The largest absolute Gasteiger partial charge is 0.497 e. The second-order valence-corrected chi connectivity index (χ2v) is 8.21. The summed E-state index contributed by atoms with van der Waals surface area (Å²) in [5.41, 5.74) is 8.83. The maximum absolute atomic E-state index is 13.1. The SMILES string of the molecule is COc1ccc(N(CCC(N)=O)C(=O)CSc2nnc3cc(C)c4ccccc4n23)cc1. The number of methoxy groups -OCH3 is 1. The van der Waals surface area contributed by atoms with Crippen molar-refractivity contribution in [2.24, 2.45) is 5.73 Å². The number of rotatable bonds is 8. The number of primary amides is 1. The van der Waals surface area contributed by atoms with Gasteiger partial charge in [-0.2, -0.15) is 0 Å². The number of anilines is 1. The Bertz CT molecular complexity index is 1290. The van der Waals surface area contributed by atoms with Gasteiger partial charge >= 0.3 is 0 Å². The number of fused-ring (bicyclic) bond motifs is 3. The monoisotopic (exact) mass is 449 g/mol. The summed E-state index contributed by atoms with van der Waals surface area (Å²) in [6.07, 6.45) is 0.0697. The second-order valence-electron chi connectivity index (χ2n) is 7.27. The molecule has 4 rings (SSSR count). The number of para-hydroxylation sites is 1. The van der Waals surface area contributed by atoms with E-state index >= 15 is 0 Å². The molecule has 0 radical (unpaired) electrons. The molecular weight excluding hydrogens is 426 g/mol. The number of nitrogens with two attached hydrogens (primary N) is 1. The maximum Gasteiger partial charge on any atom is 0.237 e. The van der Waals surface area contributed by atoms with Crippen LogP contribution in [-0.2, 0) is 9.59 Å². The predicted molar refractivity (Wildman–Crippen MR) is 125 cm³/mol. The van der Waals surface area contributed by atoms with Gasteiger partial charge in [0.2, 0.25) is 11.8 Å². The zero-order chi connectivity index (χ0) is 22.7. The predicted octanol–water partition coefficient (Wildman–Crippen LogP) is 3.20. The fourth-order valence-electron chi connectivity index (χ4n) is 3.55. The van der Waals surface area contributed by atoms with Crippen LogP contribution in [0.2, 0.25) is 0 Å². The zero-order valence-corrected chi connectivity index (χ0v) is 18.6. The normalized spacial score (nSPS) is 11.1. The number of aromatic nitrogens is 3. The van der Waals surface area contributed by atoms with Gasteiger partial charge in [-0.25, -0.2) is 0 Å². The van der Waals surface area contributed by atoms with E-state index in [1.807, 2.05) is 35.6 Å². The van der Waals surface area contributed by atoms with Gasteiger partial charge in [-0.15, -0.1) is 10.2 Å². The van der Waals surface area contributed by atoms with Gasteiger partial charge in [0.15, 0.2) is 10.8 Å². The summed E-state index contributed by atoms with van der Waals surface area (Å²) in [7, 11) is 1.58. The first kappa shape index (κ1) is 21.6. The van der Waals surface area contributed by atoms with E-state index in [-0.39, 0.29) is 24.6 Å². The van der Waals surface area contributed by atoms with E-state index in [1.54, 1.807) is 36.3 Å². The molecule has 0 saturated heterocycles. The average Bonchev–Trinajstić information content (AvgIpc) is 3.21. The summed E-state index contributed by atoms with van der Waals surface area (Å²) in [6, 6.07) is 17.1. The lowest BCUT2D eigenvalue weighted by Crippen LogP contribution is -2.35. The minimum absolute atomic E-state index is 0.0697. The maximum atomic E-state index is 13.1. The van der Waals surface area contributed by atoms with Crippen LogP contribution >= 0.6 is 11.8 Å². The van der Waals surface area contributed by atoms with Crippen molar-refractivity contribution in [3.05, 3.63) is 60.2 Å². The highest BCUT2D eigenvalue weighted by Crippen LogP contribution is 2.27. The van der Waals surface area contributed by atoms with Crippen LogP contribution in [0.1, 0.15) is 12.0 Å². The van der Waals surface area contributed by atoms with E-state index in [4.69, 9.17) is 10.5 Å². The Morgan fingerprint density at radius 1 is 1.12 bits per heavy atom. The molecule has 2 amide bonds. The standard InChI is InChI=1S/C23H23N5O3S/c1-15-13-21-25-26-23(28(21)19-6-4-3-5-18(15)19)32-14-22(30)27(12-11-20(24)29)16-7-9-17(31-2)10-8-16/h3-10,13H,11-12,14H2,1-2H3,(H2,24,29). The van der Waals surface area contributed by atoms with E-state index in [1.165, 1.54) is 11.8 Å². The first-order chi connectivity index (χ1) is 15.5. The molecule has 0 unspecified atom stereocenters. The van der Waals surface area contributed by atoms with E-state index in [9.17, 15) is 9.59 Å². The molecule has 0 aliphatic rings. The summed E-state index contributed by atoms with van der Waals surface area (Å²) in [5.74, 6) is 0.194. The number of hydrogen-bond acceptors (Lipinski definition) is 6. The summed E-state index contributed by atoms with van der Waals surface area (Å²) in [6.45, 7) is 2.24. The molecule has 164 valence electrons. The van der Waals surface area contributed by atoms with Crippen molar-refractivity contribution in [1.82, 2.24) is 14.6 Å². The second kappa shape index (κ2) is 9.27. The fourth-order valence-corrected chi connectivity index (χ4v) is 4.38. The third kappa shape index (κ3) is 4.38. The van der Waals surface area contributed by atoms with E-state index in [0.29, 0.717) is 16.6 Å². The molecule has 0 atom stereocenters. The quantitative estimate of drug-likeness (QED) is 0.415. The minimum atomic E-state index is -0.464. The average molecular weight is 450 g/mol. The number of thioether (sulfide) groups is 1. The number of nitrogens with zero attached hydrogens (tertiary/aromatic N) is 4. The molecular formula is C23H23N5O3S. The molecule has 0 bridgehead atoms. The number of aryl methyl sites for hydroxylation is 1. The number of hydrogen-bond donors (Lipinski definition) is 1. The molecule has 0 aliphatic carbocycles. The lowest BCUT2D eigenvalue weighted by Gasteiger charge is -2.22. The number of carbonyl (C=O) groups excluding carboxylic acids is 2. The Morgan fingerprint density at radius 3 is 2.59 bits per heavy atom. The van der Waals surface area contributed by atoms with Crippen LogP contribution < -0.4 is 15.4 Å². The van der Waals surface area contributed by atoms with Gasteiger partial charge < -0.3 is 15.4 Å². The smallest absolute Gasteiger partial charge is 0.237 e. The molecule has 2 heterocycles. The topological polar surface area (TPSA) is 103 Å². The van der Waals surface area contributed by atoms with Gasteiger partial charge in [-0.05, 0) is 48.9 Å². The Kier molecular flexibility index (Phi) is 6.27. The van der Waals surface area contributed by atoms with Crippen LogP contribution in [-0.4, -0.2) is 45.8 Å². The van der Waals surface area contributed by atoms with Crippen LogP contribution in [0.15, 0.2) is 59.8 Å². The lowest BCUT2D eigenvalue weighted by atomic mass is 10.1. The van der Waals surface area contributed by atoms with Crippen LogP contribution in [0.25, 0.3) is 16.6 Å². The van der Waals surface area contributed by atoms with E-state index in [0.717, 1.165) is 22.1 Å². The van der Waals surface area contributed by atoms with Crippen molar-refractivity contribution in [3.63, 3.8) is 0 Å². The summed E-state index contributed by atoms with van der Waals surface area (Å²) < 4.78 is 7.15. The molecule has 0 saturated carbocycles. The van der Waals surface area contributed by atoms with Crippen LogP contribution in [0.3, 0.4) is 0 Å². The van der Waals surface area contributed by atoms with Crippen molar-refractivity contribution in [3.8, 4) is 5.75 Å². The Hall–Kier alpha value is -3.59. The van der Waals surface area contributed by atoms with Crippen molar-refractivity contribution >= 4 is 45.8 Å². The molecule has 0 fully saturated rings. The Balaban J connectivity index is 1.59. The molecule has 9 heteroatoms. The van der Waals surface area contributed by atoms with Gasteiger partial charge in [0.25, 0.3) is 0 Å². The van der Waals surface area contributed by atoms with Crippen molar-refractivity contribution in [1.29, 1.82) is 0 Å². The van der Waals surface area contributed by atoms with Gasteiger partial charge in [0.1, 0.15) is 5.75 Å². The lowest BCUT2D eigenvalue weighted by molar-refractivity contribution is -0.118. The summed E-state index contributed by atoms with van der Waals surface area (Å²) in [4.78, 5) is 26.0. The highest BCUT2D eigenvalue weighted by Gasteiger charge is 2.19. The molecule has 2 N–H and O–H groups in total. The van der Waals surface area contributed by atoms with Crippen molar-refractivity contribution < 1.29 is 14.3 Å². The van der Waals surface area contributed by atoms with Gasteiger partial charge in [0, 0.05) is 24.0 Å². The highest BCUT2D eigenvalue weighted by atomic mass is 32.2. The zero-order valence-electron chi connectivity index (χ0n) is 17.8. The van der Waals surface area contributed by atoms with E-state index < -0.39 is 5.91 Å². The molecule has 0 spiro atoms. The van der Waals surface area contributed by atoms with Crippen LogP contribution in [0, 0.1) is 6.92 Å². The van der Waals surface area contributed by atoms with Crippen LogP contribution in [0.5, 0.6) is 5.75 Å². The van der Waals surface area contributed by atoms with Gasteiger partial charge in [-0.1, -0.05) is 30.0 Å². The first-order valence-corrected chi connectivity index (χ1v) is 11.1. The molecule has 2 aromatic carbocycles. The van der Waals surface area contributed by atoms with E-state index in [2.05, 4.69) is 16.3 Å². The van der Waals surface area contributed by atoms with Gasteiger partial charge in [0.05, 0.1) is 18.4 Å². The summed E-state index contributed by atoms with van der Waals surface area (Å²) in [5, 5.41) is 10.3.